The molecule has 0 saturated heterocycles. The summed E-state index contributed by atoms with van der Waals surface area (Å²) in [6.45, 7) is 6.66. The first-order chi connectivity index (χ1) is 9.70. The van der Waals surface area contributed by atoms with Gasteiger partial charge in [0.15, 0.2) is 0 Å². The van der Waals surface area contributed by atoms with Crippen molar-refractivity contribution in [1.82, 2.24) is 9.97 Å². The Kier molecular flexibility index (Phi) is 3.56. The summed E-state index contributed by atoms with van der Waals surface area (Å²) in [5.41, 5.74) is 7.96. The third-order valence-corrected chi connectivity index (χ3v) is 4.20. The maximum absolute atomic E-state index is 4.98. The summed E-state index contributed by atoms with van der Waals surface area (Å²) in [7, 11) is 0. The summed E-state index contributed by atoms with van der Waals surface area (Å²) >= 11 is 0. The Bertz CT molecular complexity index is 629. The molecule has 0 amide bonds. The molecule has 0 atom stereocenters. The van der Waals surface area contributed by atoms with E-state index in [0.29, 0.717) is 5.92 Å². The second kappa shape index (κ2) is 5.35. The molecule has 2 heteroatoms. The fraction of sp³-hybridized carbons (Fsp3) is 0.444. The van der Waals surface area contributed by atoms with E-state index in [1.165, 1.54) is 46.5 Å². The van der Waals surface area contributed by atoms with Crippen molar-refractivity contribution in [3.63, 3.8) is 0 Å². The van der Waals surface area contributed by atoms with Gasteiger partial charge in [0.25, 0.3) is 0 Å². The molecule has 0 unspecified atom stereocenters. The topological polar surface area (TPSA) is 25.8 Å². The summed E-state index contributed by atoms with van der Waals surface area (Å²) in [6, 6.07) is 4.53. The summed E-state index contributed by atoms with van der Waals surface area (Å²) in [6.07, 6.45) is 8.48. The smallest absolute Gasteiger partial charge is 0.0510 e. The number of aromatic nitrogens is 2. The van der Waals surface area contributed by atoms with Crippen LogP contribution in [0.3, 0.4) is 0 Å². The van der Waals surface area contributed by atoms with Gasteiger partial charge in [-0.15, -0.1) is 0 Å². The third-order valence-electron chi connectivity index (χ3n) is 4.20. The largest absolute Gasteiger partial charge is 0.264 e. The first kappa shape index (κ1) is 13.3. The van der Waals surface area contributed by atoms with E-state index in [0.717, 1.165) is 12.8 Å². The lowest BCUT2D eigenvalue weighted by Gasteiger charge is -2.16. The molecule has 0 aromatic carbocycles. The average Bonchev–Trinajstić information content (AvgIpc) is 2.93. The number of nitrogens with zero attached hydrogens (tertiary/aromatic N) is 2. The molecule has 104 valence electrons. The highest BCUT2D eigenvalue weighted by Crippen LogP contribution is 2.34. The number of hydrogen-bond donors (Lipinski definition) is 0. The van der Waals surface area contributed by atoms with Crippen LogP contribution in [0.4, 0.5) is 0 Å². The molecule has 1 aliphatic carbocycles. The second-order valence-electron chi connectivity index (χ2n) is 5.92. The fourth-order valence-electron chi connectivity index (χ4n) is 3.12. The van der Waals surface area contributed by atoms with Gasteiger partial charge < -0.3 is 0 Å². The van der Waals surface area contributed by atoms with Crippen LogP contribution in [0.2, 0.25) is 0 Å². The molecule has 0 aliphatic heterocycles. The van der Waals surface area contributed by atoms with Crippen LogP contribution in [-0.4, -0.2) is 9.97 Å². The molecule has 0 radical (unpaired) electrons. The lowest BCUT2D eigenvalue weighted by atomic mass is 9.93. The number of pyridine rings is 2. The van der Waals surface area contributed by atoms with Gasteiger partial charge in [-0.05, 0) is 60.4 Å². The van der Waals surface area contributed by atoms with Crippen LogP contribution in [-0.2, 0) is 19.3 Å². The van der Waals surface area contributed by atoms with Gasteiger partial charge >= 0.3 is 0 Å². The van der Waals surface area contributed by atoms with Crippen LogP contribution in [0, 0.1) is 0 Å². The van der Waals surface area contributed by atoms with Crippen molar-refractivity contribution in [1.29, 1.82) is 0 Å². The lowest BCUT2D eigenvalue weighted by Crippen LogP contribution is -2.03. The molecule has 20 heavy (non-hydrogen) atoms. The molecular weight excluding hydrogens is 244 g/mol. The zero-order valence-electron chi connectivity index (χ0n) is 12.6. The molecule has 0 spiro atoms. The molecule has 0 fully saturated rings. The van der Waals surface area contributed by atoms with Gasteiger partial charge in [0.2, 0.25) is 0 Å². The van der Waals surface area contributed by atoms with Crippen molar-refractivity contribution < 1.29 is 0 Å². The Hall–Kier alpha value is -1.70. The van der Waals surface area contributed by atoms with Gasteiger partial charge in [-0.3, -0.25) is 9.97 Å². The molecule has 3 rings (SSSR count). The predicted octanol–water partition coefficient (Wildman–Crippen LogP) is 4.32. The maximum Gasteiger partial charge on any atom is 0.0510 e. The molecule has 0 saturated carbocycles. The first-order valence-electron chi connectivity index (χ1n) is 7.66. The van der Waals surface area contributed by atoms with E-state index >= 15 is 0 Å². The highest BCUT2D eigenvalue weighted by molar-refractivity contribution is 5.70. The van der Waals surface area contributed by atoms with E-state index < -0.39 is 0 Å². The zero-order valence-corrected chi connectivity index (χ0v) is 12.6. The Morgan fingerprint density at radius 2 is 2.05 bits per heavy atom. The minimum atomic E-state index is 0.453. The molecule has 0 bridgehead atoms. The average molecular weight is 266 g/mol. The van der Waals surface area contributed by atoms with E-state index in [1.807, 2.05) is 12.4 Å². The number of rotatable bonds is 3. The molecule has 2 heterocycles. The molecule has 1 aliphatic rings. The molecule has 2 aromatic heterocycles. The number of aryl methyl sites for hydroxylation is 3. The van der Waals surface area contributed by atoms with E-state index in [4.69, 9.17) is 4.98 Å². The maximum atomic E-state index is 4.98. The van der Waals surface area contributed by atoms with Gasteiger partial charge in [-0.25, -0.2) is 0 Å². The van der Waals surface area contributed by atoms with Gasteiger partial charge in [-0.2, -0.15) is 0 Å². The van der Waals surface area contributed by atoms with E-state index in [1.54, 1.807) is 0 Å². The third kappa shape index (κ3) is 2.24. The van der Waals surface area contributed by atoms with Crippen molar-refractivity contribution >= 4 is 0 Å². The summed E-state index contributed by atoms with van der Waals surface area (Å²) in [5.74, 6) is 0.453. The van der Waals surface area contributed by atoms with Crippen molar-refractivity contribution in [2.75, 3.05) is 0 Å². The second-order valence-corrected chi connectivity index (χ2v) is 5.92. The molecule has 2 aromatic rings. The predicted molar refractivity (Wildman–Crippen MR) is 83.0 cm³/mol. The lowest BCUT2D eigenvalue weighted by molar-refractivity contribution is 0.808. The highest BCUT2D eigenvalue weighted by atomic mass is 14.7. The number of hydrogen-bond acceptors (Lipinski definition) is 2. The summed E-state index contributed by atoms with van der Waals surface area (Å²) in [5, 5.41) is 0. The highest BCUT2D eigenvalue weighted by Gasteiger charge is 2.19. The zero-order chi connectivity index (χ0) is 14.1. The van der Waals surface area contributed by atoms with Crippen molar-refractivity contribution in [3.05, 3.63) is 47.0 Å². The van der Waals surface area contributed by atoms with Crippen LogP contribution in [0.25, 0.3) is 11.1 Å². The normalized spacial score (nSPS) is 13.8. The minimum Gasteiger partial charge on any atom is -0.264 e. The fourth-order valence-corrected chi connectivity index (χ4v) is 3.12. The Balaban J connectivity index is 2.21. The quantitative estimate of drug-likeness (QED) is 0.827. The molecule has 2 nitrogen and oxygen atoms in total. The summed E-state index contributed by atoms with van der Waals surface area (Å²) in [4.78, 5) is 9.25. The standard InChI is InChI=1S/C18H22N2/c1-4-13-11-19-9-8-15(13)16-10-14-6-5-7-17(14)20-18(16)12(2)3/h8-12H,4-7H2,1-3H3. The van der Waals surface area contributed by atoms with Crippen LogP contribution in [0.5, 0.6) is 0 Å². The van der Waals surface area contributed by atoms with Crippen LogP contribution in [0.15, 0.2) is 24.5 Å². The van der Waals surface area contributed by atoms with Gasteiger partial charge in [0.1, 0.15) is 0 Å². The van der Waals surface area contributed by atoms with Crippen LogP contribution in [0.1, 0.15) is 55.6 Å². The van der Waals surface area contributed by atoms with Crippen LogP contribution >= 0.6 is 0 Å². The van der Waals surface area contributed by atoms with Crippen molar-refractivity contribution in [2.45, 2.75) is 52.4 Å². The monoisotopic (exact) mass is 266 g/mol. The SMILES string of the molecule is CCc1cnccc1-c1cc2c(nc1C(C)C)CCC2. The van der Waals surface area contributed by atoms with Crippen molar-refractivity contribution in [3.8, 4) is 11.1 Å². The Morgan fingerprint density at radius 1 is 1.20 bits per heavy atom. The first-order valence-corrected chi connectivity index (χ1v) is 7.66. The van der Waals surface area contributed by atoms with Gasteiger partial charge in [0.05, 0.1) is 5.69 Å². The van der Waals surface area contributed by atoms with Gasteiger partial charge in [0, 0.05) is 23.7 Å². The van der Waals surface area contributed by atoms with Crippen molar-refractivity contribution in [2.24, 2.45) is 0 Å². The summed E-state index contributed by atoms with van der Waals surface area (Å²) < 4.78 is 0. The number of fused-ring (bicyclic) bond motifs is 1. The van der Waals surface area contributed by atoms with Crippen LogP contribution < -0.4 is 0 Å². The minimum absolute atomic E-state index is 0.453. The Morgan fingerprint density at radius 3 is 2.80 bits per heavy atom. The van der Waals surface area contributed by atoms with E-state index in [2.05, 4.69) is 37.9 Å². The molecule has 0 N–H and O–H groups in total. The molecular formula is C18H22N2. The van der Waals surface area contributed by atoms with E-state index in [-0.39, 0.29) is 0 Å². The Labute approximate surface area is 121 Å². The van der Waals surface area contributed by atoms with E-state index in [9.17, 15) is 0 Å². The van der Waals surface area contributed by atoms with Gasteiger partial charge in [-0.1, -0.05) is 20.8 Å².